The van der Waals surface area contributed by atoms with Crippen LogP contribution in [0.25, 0.3) is 0 Å². The molecule has 0 aromatic heterocycles. The molecule has 2 N–H and O–H groups in total. The third-order valence-corrected chi connectivity index (χ3v) is 5.69. The van der Waals surface area contributed by atoms with Crippen molar-refractivity contribution >= 4 is 27.4 Å². The highest BCUT2D eigenvalue weighted by molar-refractivity contribution is 7.92. The number of benzene rings is 2. The maximum absolute atomic E-state index is 12.5. The summed E-state index contributed by atoms with van der Waals surface area (Å²) in [4.78, 5) is 13.8. The van der Waals surface area contributed by atoms with Crippen LogP contribution >= 0.6 is 0 Å². The van der Waals surface area contributed by atoms with E-state index in [0.29, 0.717) is 18.8 Å². The van der Waals surface area contributed by atoms with Crippen LogP contribution in [0.4, 0.5) is 11.4 Å². The van der Waals surface area contributed by atoms with Gasteiger partial charge < -0.3 is 14.7 Å². The Morgan fingerprint density at radius 2 is 1.74 bits per heavy atom. The minimum absolute atomic E-state index is 0.0216. The molecule has 27 heavy (non-hydrogen) atoms. The fraction of sp³-hybridized carbons (Fsp3) is 0.316. The fourth-order valence-corrected chi connectivity index (χ4v) is 4.31. The molecule has 0 aliphatic carbocycles. The maximum Gasteiger partial charge on any atom is 0.337 e. The van der Waals surface area contributed by atoms with Gasteiger partial charge in [0, 0.05) is 18.8 Å². The summed E-state index contributed by atoms with van der Waals surface area (Å²) >= 11 is 0. The first kappa shape index (κ1) is 19.2. The monoisotopic (exact) mass is 390 g/mol. The van der Waals surface area contributed by atoms with Crippen molar-refractivity contribution in [3.05, 3.63) is 54.1 Å². The lowest BCUT2D eigenvalue weighted by molar-refractivity contribution is -0.00531. The van der Waals surface area contributed by atoms with Gasteiger partial charge in [-0.1, -0.05) is 18.2 Å². The van der Waals surface area contributed by atoms with Gasteiger partial charge >= 0.3 is 5.97 Å². The fourth-order valence-electron chi connectivity index (χ4n) is 3.23. The van der Waals surface area contributed by atoms with E-state index in [4.69, 9.17) is 4.74 Å². The number of nitrogens with one attached hydrogen (secondary N) is 1. The van der Waals surface area contributed by atoms with E-state index < -0.39 is 16.0 Å². The molecule has 2 atom stereocenters. The topological polar surface area (TPSA) is 95.9 Å². The minimum atomic E-state index is -3.79. The summed E-state index contributed by atoms with van der Waals surface area (Å²) in [5, 5.41) is 9.63. The predicted molar refractivity (Wildman–Crippen MR) is 103 cm³/mol. The summed E-state index contributed by atoms with van der Waals surface area (Å²) in [6.07, 6.45) is -0.0432. The van der Waals surface area contributed by atoms with E-state index in [9.17, 15) is 18.3 Å². The van der Waals surface area contributed by atoms with Gasteiger partial charge in [-0.2, -0.15) is 0 Å². The molecule has 144 valence electrons. The van der Waals surface area contributed by atoms with Crippen LogP contribution in [-0.2, 0) is 14.8 Å². The van der Waals surface area contributed by atoms with Crippen LogP contribution < -0.4 is 9.62 Å². The summed E-state index contributed by atoms with van der Waals surface area (Å²) in [6, 6.07) is 12.5. The Morgan fingerprint density at radius 3 is 2.33 bits per heavy atom. The first-order valence-corrected chi connectivity index (χ1v) is 10.1. The molecule has 0 unspecified atom stereocenters. The summed E-state index contributed by atoms with van der Waals surface area (Å²) in [7, 11) is -3.79. The van der Waals surface area contributed by atoms with Crippen LogP contribution in [0.2, 0.25) is 0 Å². The lowest BCUT2D eigenvalue weighted by Crippen LogP contribution is -2.46. The standard InChI is InChI=1S/C19H22N2O5S/c1-13-11-21(12-14(2)26-13)18-9-8-15(10-17(18)19(22)23)20-27(24,25)16-6-4-3-5-7-16/h3-10,13-14,20H,11-12H2,1-2H3,(H,22,23)/t13-,14-/m1/s1. The second kappa shape index (κ2) is 7.58. The number of rotatable bonds is 5. The zero-order valence-electron chi connectivity index (χ0n) is 15.1. The van der Waals surface area contributed by atoms with Crippen molar-refractivity contribution in [1.29, 1.82) is 0 Å². The van der Waals surface area contributed by atoms with Gasteiger partial charge in [0.2, 0.25) is 0 Å². The van der Waals surface area contributed by atoms with Gasteiger partial charge in [-0.3, -0.25) is 4.72 Å². The van der Waals surface area contributed by atoms with Crippen LogP contribution in [-0.4, -0.2) is 44.8 Å². The molecule has 0 bridgehead atoms. The van der Waals surface area contributed by atoms with Crippen LogP contribution in [0.5, 0.6) is 0 Å². The second-order valence-electron chi connectivity index (χ2n) is 6.62. The van der Waals surface area contributed by atoms with Crippen LogP contribution in [0.15, 0.2) is 53.4 Å². The summed E-state index contributed by atoms with van der Waals surface area (Å²) in [6.45, 7) is 5.01. The van der Waals surface area contributed by atoms with Gasteiger partial charge in [-0.05, 0) is 44.2 Å². The summed E-state index contributed by atoms with van der Waals surface area (Å²) in [5.41, 5.74) is 0.797. The molecule has 7 nitrogen and oxygen atoms in total. The molecule has 1 fully saturated rings. The third kappa shape index (κ3) is 4.40. The van der Waals surface area contributed by atoms with Crippen molar-refractivity contribution in [1.82, 2.24) is 0 Å². The van der Waals surface area contributed by atoms with E-state index in [1.54, 1.807) is 30.3 Å². The summed E-state index contributed by atoms with van der Waals surface area (Å²) in [5.74, 6) is -1.11. The highest BCUT2D eigenvalue weighted by atomic mass is 32.2. The van der Waals surface area contributed by atoms with Crippen LogP contribution in [0.3, 0.4) is 0 Å². The molecule has 1 aliphatic heterocycles. The van der Waals surface area contributed by atoms with E-state index in [1.807, 2.05) is 18.7 Å². The van der Waals surface area contributed by atoms with E-state index in [2.05, 4.69) is 4.72 Å². The number of carboxylic acid groups (broad SMARTS) is 1. The van der Waals surface area contributed by atoms with Crippen LogP contribution in [0.1, 0.15) is 24.2 Å². The van der Waals surface area contributed by atoms with Crippen LogP contribution in [0, 0.1) is 0 Å². The van der Waals surface area contributed by atoms with E-state index in [1.165, 1.54) is 18.2 Å². The summed E-state index contributed by atoms with van der Waals surface area (Å²) < 4.78 is 33.1. The first-order valence-electron chi connectivity index (χ1n) is 8.62. The van der Waals surface area contributed by atoms with Gasteiger partial charge in [0.15, 0.2) is 0 Å². The van der Waals surface area contributed by atoms with E-state index in [0.717, 1.165) is 0 Å². The Morgan fingerprint density at radius 1 is 1.11 bits per heavy atom. The molecule has 2 aromatic rings. The Balaban J connectivity index is 1.91. The number of anilines is 2. The lowest BCUT2D eigenvalue weighted by atomic mass is 10.1. The molecule has 8 heteroatoms. The average Bonchev–Trinajstić information content (AvgIpc) is 2.61. The molecule has 0 spiro atoms. The molecule has 1 aliphatic rings. The number of hydrogen-bond donors (Lipinski definition) is 2. The Bertz CT molecular complexity index is 920. The molecule has 2 aromatic carbocycles. The largest absolute Gasteiger partial charge is 0.478 e. The minimum Gasteiger partial charge on any atom is -0.478 e. The van der Waals surface area contributed by atoms with Gasteiger partial charge in [0.25, 0.3) is 10.0 Å². The van der Waals surface area contributed by atoms with Gasteiger partial charge in [-0.15, -0.1) is 0 Å². The zero-order chi connectivity index (χ0) is 19.6. The van der Waals surface area contributed by atoms with Gasteiger partial charge in [0.1, 0.15) is 0 Å². The highest BCUT2D eigenvalue weighted by Crippen LogP contribution is 2.28. The van der Waals surface area contributed by atoms with Gasteiger partial charge in [-0.25, -0.2) is 13.2 Å². The zero-order valence-corrected chi connectivity index (χ0v) is 15.9. The molecular formula is C19H22N2O5S. The van der Waals surface area contributed by atoms with Crippen molar-refractivity contribution in [2.75, 3.05) is 22.7 Å². The molecule has 0 saturated carbocycles. The normalized spacial score (nSPS) is 20.3. The Hall–Kier alpha value is -2.58. The quantitative estimate of drug-likeness (QED) is 0.815. The molecule has 3 rings (SSSR count). The number of sulfonamides is 1. The maximum atomic E-state index is 12.5. The Labute approximate surface area is 158 Å². The van der Waals surface area contributed by atoms with E-state index in [-0.39, 0.29) is 28.4 Å². The smallest absolute Gasteiger partial charge is 0.337 e. The number of carbonyl (C=O) groups is 1. The third-order valence-electron chi connectivity index (χ3n) is 4.29. The van der Waals surface area contributed by atoms with Crippen molar-refractivity contribution in [2.45, 2.75) is 31.0 Å². The van der Waals surface area contributed by atoms with Crippen molar-refractivity contribution < 1.29 is 23.1 Å². The Kier molecular flexibility index (Phi) is 5.38. The predicted octanol–water partition coefficient (Wildman–Crippen LogP) is 2.80. The first-order chi connectivity index (χ1) is 12.8. The van der Waals surface area contributed by atoms with E-state index >= 15 is 0 Å². The number of nitrogens with zero attached hydrogens (tertiary/aromatic N) is 1. The number of carboxylic acids is 1. The van der Waals surface area contributed by atoms with Crippen molar-refractivity contribution in [2.24, 2.45) is 0 Å². The number of morpholine rings is 1. The average molecular weight is 390 g/mol. The molecule has 1 saturated heterocycles. The number of aromatic carboxylic acids is 1. The lowest BCUT2D eigenvalue weighted by Gasteiger charge is -2.37. The van der Waals surface area contributed by atoms with Crippen molar-refractivity contribution in [3.8, 4) is 0 Å². The molecule has 0 amide bonds. The number of ether oxygens (including phenoxy) is 1. The molecular weight excluding hydrogens is 368 g/mol. The van der Waals surface area contributed by atoms with Crippen molar-refractivity contribution in [3.63, 3.8) is 0 Å². The molecule has 0 radical (unpaired) electrons. The highest BCUT2D eigenvalue weighted by Gasteiger charge is 2.26. The SMILES string of the molecule is C[C@@H]1CN(c2ccc(NS(=O)(=O)c3ccccc3)cc2C(=O)O)C[C@@H](C)O1. The second-order valence-corrected chi connectivity index (χ2v) is 8.30. The molecule has 1 heterocycles. The number of hydrogen-bond acceptors (Lipinski definition) is 5. The van der Waals surface area contributed by atoms with Gasteiger partial charge in [0.05, 0.1) is 28.4 Å².